The molecule has 0 aromatic heterocycles. The van der Waals surface area contributed by atoms with Crippen LogP contribution in [0, 0.1) is 0 Å². The van der Waals surface area contributed by atoms with Gasteiger partial charge in [-0.3, -0.25) is 4.79 Å². The molecule has 3 N–H and O–H groups in total. The summed E-state index contributed by atoms with van der Waals surface area (Å²) in [7, 11) is 0. The third-order valence-electron chi connectivity index (χ3n) is 3.65. The van der Waals surface area contributed by atoms with E-state index in [1.165, 1.54) is 11.1 Å². The van der Waals surface area contributed by atoms with Gasteiger partial charge in [-0.1, -0.05) is 45.0 Å². The maximum atomic E-state index is 12.1. The predicted molar refractivity (Wildman–Crippen MR) is 75.2 cm³/mol. The largest absolute Gasteiger partial charge is 0.350 e. The average molecular weight is 248 g/mol. The van der Waals surface area contributed by atoms with E-state index in [4.69, 9.17) is 5.73 Å². The molecule has 0 unspecified atom stereocenters. The third-order valence-corrected chi connectivity index (χ3v) is 3.65. The molecule has 1 rings (SSSR count). The van der Waals surface area contributed by atoms with Gasteiger partial charge in [0.1, 0.15) is 0 Å². The number of nitrogens with one attached hydrogen (secondary N) is 1. The molecule has 18 heavy (non-hydrogen) atoms. The van der Waals surface area contributed by atoms with Crippen molar-refractivity contribution in [1.29, 1.82) is 0 Å². The first kappa shape index (κ1) is 14.7. The number of amides is 1. The van der Waals surface area contributed by atoms with Gasteiger partial charge < -0.3 is 11.1 Å². The Labute approximate surface area is 110 Å². The molecule has 3 heteroatoms. The number of hydrogen-bond donors (Lipinski definition) is 2. The van der Waals surface area contributed by atoms with Crippen molar-refractivity contribution in [3.8, 4) is 0 Å². The Bertz CT molecular complexity index is 397. The van der Waals surface area contributed by atoms with Crippen LogP contribution in [0.3, 0.4) is 0 Å². The number of hydrogen-bond acceptors (Lipinski definition) is 2. The Morgan fingerprint density at radius 1 is 1.17 bits per heavy atom. The summed E-state index contributed by atoms with van der Waals surface area (Å²) in [5.74, 6) is -0.0570. The molecule has 0 radical (unpaired) electrons. The summed E-state index contributed by atoms with van der Waals surface area (Å²) < 4.78 is 0. The number of carbonyl (C=O) groups excluding carboxylic acids is 1. The Hall–Kier alpha value is -1.35. The van der Waals surface area contributed by atoms with Gasteiger partial charge >= 0.3 is 0 Å². The van der Waals surface area contributed by atoms with E-state index in [1.807, 2.05) is 26.0 Å². The van der Waals surface area contributed by atoms with Crippen LogP contribution >= 0.6 is 0 Å². The van der Waals surface area contributed by atoms with E-state index in [1.54, 1.807) is 0 Å². The van der Waals surface area contributed by atoms with Crippen molar-refractivity contribution in [3.05, 3.63) is 35.4 Å². The smallest absolute Gasteiger partial charge is 0.240 e. The molecular weight excluding hydrogens is 224 g/mol. The lowest BCUT2D eigenvalue weighted by Crippen LogP contribution is -2.52. The van der Waals surface area contributed by atoms with Gasteiger partial charge in [0.2, 0.25) is 5.91 Å². The lowest BCUT2D eigenvalue weighted by Gasteiger charge is -2.25. The van der Waals surface area contributed by atoms with Crippen molar-refractivity contribution >= 4 is 5.91 Å². The van der Waals surface area contributed by atoms with Gasteiger partial charge in [-0.05, 0) is 30.4 Å². The molecule has 0 aliphatic carbocycles. The molecule has 0 aliphatic heterocycles. The molecular formula is C15H24N2O. The molecule has 0 heterocycles. The first-order chi connectivity index (χ1) is 8.57. The normalized spacial score (nSPS) is 11.3. The highest BCUT2D eigenvalue weighted by Gasteiger charge is 2.29. The second kappa shape index (κ2) is 6.55. The lowest BCUT2D eigenvalue weighted by atomic mass is 9.93. The summed E-state index contributed by atoms with van der Waals surface area (Å²) in [5, 5.41) is 2.95. The van der Waals surface area contributed by atoms with E-state index in [-0.39, 0.29) is 5.91 Å². The van der Waals surface area contributed by atoms with Crippen LogP contribution in [0.5, 0.6) is 0 Å². The van der Waals surface area contributed by atoms with Gasteiger partial charge in [-0.25, -0.2) is 0 Å². The average Bonchev–Trinajstić information content (AvgIpc) is 2.43. The fraction of sp³-hybridized carbons (Fsp3) is 0.533. The number of benzene rings is 1. The molecule has 1 aromatic carbocycles. The molecule has 0 saturated carbocycles. The number of nitrogens with two attached hydrogens (primary N) is 1. The van der Waals surface area contributed by atoms with Gasteiger partial charge in [0.25, 0.3) is 0 Å². The molecule has 100 valence electrons. The summed E-state index contributed by atoms with van der Waals surface area (Å²) in [6, 6.07) is 8.16. The zero-order valence-corrected chi connectivity index (χ0v) is 11.6. The van der Waals surface area contributed by atoms with Crippen molar-refractivity contribution < 1.29 is 4.79 Å². The minimum Gasteiger partial charge on any atom is -0.350 e. The van der Waals surface area contributed by atoms with E-state index in [0.717, 1.165) is 6.42 Å². The number of rotatable bonds is 6. The molecule has 0 atom stereocenters. The van der Waals surface area contributed by atoms with E-state index < -0.39 is 5.54 Å². The number of carbonyl (C=O) groups is 1. The lowest BCUT2D eigenvalue weighted by molar-refractivity contribution is -0.126. The first-order valence-electron chi connectivity index (χ1n) is 6.71. The molecule has 0 saturated heterocycles. The van der Waals surface area contributed by atoms with Crippen LogP contribution in [-0.2, 0) is 17.8 Å². The highest BCUT2D eigenvalue weighted by atomic mass is 16.2. The summed E-state index contributed by atoms with van der Waals surface area (Å²) in [6.07, 6.45) is 2.29. The first-order valence-corrected chi connectivity index (χ1v) is 6.71. The van der Waals surface area contributed by atoms with Crippen LogP contribution < -0.4 is 11.1 Å². The Morgan fingerprint density at radius 3 is 2.22 bits per heavy atom. The van der Waals surface area contributed by atoms with E-state index in [9.17, 15) is 4.79 Å². The molecule has 0 spiro atoms. The minimum absolute atomic E-state index is 0.0570. The van der Waals surface area contributed by atoms with E-state index in [2.05, 4.69) is 24.4 Å². The zero-order chi connectivity index (χ0) is 13.6. The third kappa shape index (κ3) is 3.33. The van der Waals surface area contributed by atoms with Crippen molar-refractivity contribution in [1.82, 2.24) is 5.32 Å². The SMILES string of the molecule is CCc1ccccc1CNC(=O)C(N)(CC)CC. The summed E-state index contributed by atoms with van der Waals surface area (Å²) in [4.78, 5) is 12.1. The quantitative estimate of drug-likeness (QED) is 0.812. The van der Waals surface area contributed by atoms with Crippen LogP contribution in [0.2, 0.25) is 0 Å². The molecule has 0 aliphatic rings. The molecule has 0 fully saturated rings. The molecule has 3 nitrogen and oxygen atoms in total. The summed E-state index contributed by atoms with van der Waals surface area (Å²) in [5.41, 5.74) is 7.77. The minimum atomic E-state index is -0.735. The van der Waals surface area contributed by atoms with Crippen molar-refractivity contribution in [2.45, 2.75) is 52.1 Å². The van der Waals surface area contributed by atoms with E-state index in [0.29, 0.717) is 19.4 Å². The van der Waals surface area contributed by atoms with Crippen LogP contribution in [-0.4, -0.2) is 11.4 Å². The maximum Gasteiger partial charge on any atom is 0.240 e. The Kier molecular flexibility index (Phi) is 5.35. The van der Waals surface area contributed by atoms with Gasteiger partial charge in [0, 0.05) is 6.54 Å². The van der Waals surface area contributed by atoms with Crippen LogP contribution in [0.25, 0.3) is 0 Å². The highest BCUT2D eigenvalue weighted by Crippen LogP contribution is 2.13. The number of aryl methyl sites for hydroxylation is 1. The fourth-order valence-electron chi connectivity index (χ4n) is 2.00. The zero-order valence-electron chi connectivity index (χ0n) is 11.6. The molecule has 1 aromatic rings. The van der Waals surface area contributed by atoms with Crippen LogP contribution in [0.1, 0.15) is 44.7 Å². The summed E-state index contributed by atoms with van der Waals surface area (Å²) >= 11 is 0. The Morgan fingerprint density at radius 2 is 1.72 bits per heavy atom. The predicted octanol–water partition coefficient (Wildman–Crippen LogP) is 2.38. The van der Waals surface area contributed by atoms with Crippen molar-refractivity contribution in [2.24, 2.45) is 5.73 Å². The second-order valence-electron chi connectivity index (χ2n) is 4.67. The van der Waals surface area contributed by atoms with Gasteiger partial charge in [0.15, 0.2) is 0 Å². The fourth-order valence-corrected chi connectivity index (χ4v) is 2.00. The summed E-state index contributed by atoms with van der Waals surface area (Å²) in [6.45, 7) is 6.57. The van der Waals surface area contributed by atoms with Crippen LogP contribution in [0.4, 0.5) is 0 Å². The van der Waals surface area contributed by atoms with Gasteiger partial charge in [0.05, 0.1) is 5.54 Å². The monoisotopic (exact) mass is 248 g/mol. The van der Waals surface area contributed by atoms with Gasteiger partial charge in [-0.15, -0.1) is 0 Å². The second-order valence-corrected chi connectivity index (χ2v) is 4.67. The molecule has 0 bridgehead atoms. The maximum absolute atomic E-state index is 12.1. The highest BCUT2D eigenvalue weighted by molar-refractivity contribution is 5.85. The van der Waals surface area contributed by atoms with Crippen LogP contribution in [0.15, 0.2) is 24.3 Å². The molecule has 1 amide bonds. The van der Waals surface area contributed by atoms with Gasteiger partial charge in [-0.2, -0.15) is 0 Å². The van der Waals surface area contributed by atoms with Crippen molar-refractivity contribution in [2.75, 3.05) is 0 Å². The Balaban J connectivity index is 2.68. The topological polar surface area (TPSA) is 55.1 Å². The standard InChI is InChI=1S/C15H24N2O/c1-4-12-9-7-8-10-13(12)11-17-14(18)15(16,5-2)6-3/h7-10H,4-6,11,16H2,1-3H3,(H,17,18). The van der Waals surface area contributed by atoms with Crippen molar-refractivity contribution in [3.63, 3.8) is 0 Å². The van der Waals surface area contributed by atoms with E-state index >= 15 is 0 Å².